The number of carbonyl (C=O) groups is 5. The number of unbranched alkanes of at least 4 members (excludes halogenated alkanes) is 34. The maximum atomic E-state index is 13.7. The van der Waals surface area contributed by atoms with Crippen molar-refractivity contribution in [3.8, 4) is 0 Å². The molecule has 5 N–H and O–H groups in total. The molecule has 0 radical (unpaired) electrons. The number of benzene rings is 2. The summed E-state index contributed by atoms with van der Waals surface area (Å²) < 4.78 is 63.2. The lowest BCUT2D eigenvalue weighted by atomic mass is 9.81. The minimum atomic E-state index is -1.18. The van der Waals surface area contributed by atoms with Crippen molar-refractivity contribution in [3.63, 3.8) is 0 Å². The number of likely N-dealkylation sites (N-methyl/N-ethyl adjacent to an activating group) is 1. The molecule has 1 aliphatic rings. The summed E-state index contributed by atoms with van der Waals surface area (Å²) in [5.41, 5.74) is 0.468. The van der Waals surface area contributed by atoms with Gasteiger partial charge in [-0.25, -0.2) is 4.79 Å². The van der Waals surface area contributed by atoms with Crippen LogP contribution in [0.4, 0.5) is 5.69 Å². The van der Waals surface area contributed by atoms with Gasteiger partial charge in [-0.3, -0.25) is 19.2 Å². The zero-order valence-corrected chi connectivity index (χ0v) is 74.9. The van der Waals surface area contributed by atoms with Crippen molar-refractivity contribution < 1.29 is 81.2 Å². The quantitative estimate of drug-likeness (QED) is 0.0386. The van der Waals surface area contributed by atoms with Crippen LogP contribution in [0.2, 0.25) is 10.0 Å². The normalized spacial score (nSPS) is 13.2. The molecule has 3 rings (SSSR count). The maximum absolute atomic E-state index is 13.7. The lowest BCUT2D eigenvalue weighted by molar-refractivity contribution is -0.144. The third-order valence-electron chi connectivity index (χ3n) is 21.7. The lowest BCUT2D eigenvalue weighted by Crippen LogP contribution is -2.49. The van der Waals surface area contributed by atoms with Crippen molar-refractivity contribution in [2.75, 3.05) is 177 Å². The van der Waals surface area contributed by atoms with Crippen molar-refractivity contribution in [3.05, 3.63) is 63.6 Å². The van der Waals surface area contributed by atoms with E-state index in [1.807, 2.05) is 0 Å². The number of amides is 4. The van der Waals surface area contributed by atoms with Gasteiger partial charge in [0.05, 0.1) is 153 Å². The minimum absolute atomic E-state index is 0.00486. The van der Waals surface area contributed by atoms with Crippen LogP contribution in [0, 0.1) is 5.41 Å². The Morgan fingerprint density at radius 1 is 0.427 bits per heavy atom. The number of nitrogens with one attached hydrogen (secondary N) is 4. The maximum Gasteiger partial charge on any atom is 0.326 e. The van der Waals surface area contributed by atoms with Gasteiger partial charge >= 0.3 is 5.97 Å². The number of carbonyl (C=O) groups excluding carboxylic acids is 4. The van der Waals surface area contributed by atoms with Crippen LogP contribution < -0.4 is 21.3 Å². The Morgan fingerprint density at radius 3 is 1.15 bits per heavy atom. The van der Waals surface area contributed by atoms with E-state index in [4.69, 9.17) is 75.3 Å². The molecule has 22 nitrogen and oxygen atoms in total. The van der Waals surface area contributed by atoms with Crippen molar-refractivity contribution in [2.45, 2.75) is 315 Å². The molecule has 0 saturated heterocycles. The average Bonchev–Trinajstić information content (AvgIpc) is 1.78. The minimum Gasteiger partial charge on any atom is -0.480 e. The average molecular weight is 1690 g/mol. The van der Waals surface area contributed by atoms with Gasteiger partial charge in [0.2, 0.25) is 17.7 Å². The van der Waals surface area contributed by atoms with Crippen LogP contribution in [0.15, 0.2) is 42.5 Å². The van der Waals surface area contributed by atoms with Crippen LogP contribution in [0.3, 0.4) is 0 Å². The van der Waals surface area contributed by atoms with E-state index in [2.05, 4.69) is 47.1 Å². The Bertz CT molecular complexity index is 2650. The molecule has 2 aromatic rings. The summed E-state index contributed by atoms with van der Waals surface area (Å²) in [6.45, 7) is 16.6. The molecule has 0 spiro atoms. The molecule has 2 aromatic carbocycles. The zero-order chi connectivity index (χ0) is 84.1. The van der Waals surface area contributed by atoms with Gasteiger partial charge in [0.25, 0.3) is 5.91 Å². The van der Waals surface area contributed by atoms with Gasteiger partial charge in [-0.15, -0.1) is 0 Å². The number of carboxylic acid groups (broad SMARTS) is 1. The highest BCUT2D eigenvalue weighted by Crippen LogP contribution is 2.41. The summed E-state index contributed by atoms with van der Waals surface area (Å²) in [7, 11) is 2.15. The third-order valence-corrected chi connectivity index (χ3v) is 22.3. The molecular weight excluding hydrogens is 1530 g/mol. The van der Waals surface area contributed by atoms with Gasteiger partial charge in [0, 0.05) is 57.8 Å². The van der Waals surface area contributed by atoms with Gasteiger partial charge in [-0.05, 0) is 81.9 Å². The summed E-state index contributed by atoms with van der Waals surface area (Å²) >= 11 is 12.4. The van der Waals surface area contributed by atoms with Crippen molar-refractivity contribution in [1.29, 1.82) is 0 Å². The van der Waals surface area contributed by atoms with E-state index in [0.29, 0.717) is 162 Å². The largest absolute Gasteiger partial charge is 0.480 e. The number of carboxylic acids is 1. The molecule has 0 bridgehead atoms. The highest BCUT2D eigenvalue weighted by Gasteiger charge is 2.42. The van der Waals surface area contributed by atoms with E-state index in [1.54, 1.807) is 42.5 Å². The van der Waals surface area contributed by atoms with Gasteiger partial charge in [0.15, 0.2) is 0 Å². The fraction of sp³-hybridized carbons (Fsp3) is 0.817. The topological polar surface area (TPSA) is 258 Å². The van der Waals surface area contributed by atoms with E-state index >= 15 is 0 Å². The van der Waals surface area contributed by atoms with Crippen molar-refractivity contribution >= 4 is 58.5 Å². The van der Waals surface area contributed by atoms with Crippen LogP contribution >= 0.6 is 23.2 Å². The molecule has 676 valence electrons. The first kappa shape index (κ1) is 107. The molecule has 117 heavy (non-hydrogen) atoms. The van der Waals surface area contributed by atoms with Crippen LogP contribution in [0.25, 0.3) is 0 Å². The molecule has 0 aromatic heterocycles. The second-order valence-corrected chi connectivity index (χ2v) is 32.8. The molecular formula is C93H163Cl2N5O17. The number of anilines is 1. The monoisotopic (exact) mass is 1690 g/mol. The Labute approximate surface area is 717 Å². The second-order valence-electron chi connectivity index (χ2n) is 32.0. The first-order valence-corrected chi connectivity index (χ1v) is 47.1. The highest BCUT2D eigenvalue weighted by molar-refractivity contribution is 6.40. The molecule has 0 heterocycles. The molecule has 1 unspecified atom stereocenters. The number of aliphatic carboxylic acids is 1. The van der Waals surface area contributed by atoms with Crippen LogP contribution in [-0.4, -0.2) is 224 Å². The van der Waals surface area contributed by atoms with E-state index in [0.717, 1.165) is 58.4 Å². The predicted molar refractivity (Wildman–Crippen MR) is 473 cm³/mol. The first-order valence-electron chi connectivity index (χ1n) is 46.4. The summed E-state index contributed by atoms with van der Waals surface area (Å²) in [5.74, 6) is -2.20. The van der Waals surface area contributed by atoms with E-state index in [9.17, 15) is 29.1 Å². The smallest absolute Gasteiger partial charge is 0.326 e. The fourth-order valence-corrected chi connectivity index (χ4v) is 15.1. The Kier molecular flexibility index (Phi) is 71.3. The van der Waals surface area contributed by atoms with E-state index < -0.39 is 23.3 Å². The molecule has 0 aliphatic heterocycles. The molecule has 2 atom stereocenters. The number of ether oxygens (including phenoxy) is 11. The van der Waals surface area contributed by atoms with E-state index in [-0.39, 0.29) is 65.4 Å². The van der Waals surface area contributed by atoms with Gasteiger partial charge < -0.3 is 83.4 Å². The molecule has 1 aliphatic carbocycles. The van der Waals surface area contributed by atoms with Crippen LogP contribution in [0.5, 0.6) is 0 Å². The number of hydrogen-bond acceptors (Lipinski definition) is 17. The Hall–Kier alpha value is -4.11. The summed E-state index contributed by atoms with van der Waals surface area (Å²) in [4.78, 5) is 66.4. The van der Waals surface area contributed by atoms with Crippen molar-refractivity contribution in [1.82, 2.24) is 20.9 Å². The second kappa shape index (κ2) is 77.9. The molecule has 1 saturated carbocycles. The summed E-state index contributed by atoms with van der Waals surface area (Å²) in [6, 6.07) is 10.3. The number of rotatable bonds is 87. The Morgan fingerprint density at radius 2 is 0.778 bits per heavy atom. The number of nitrogens with zero attached hydrogens (tertiary/aromatic N) is 1. The molecule has 1 fully saturated rings. The predicted octanol–water partition coefficient (Wildman–Crippen LogP) is 19.3. The molecule has 4 amide bonds. The summed E-state index contributed by atoms with van der Waals surface area (Å²) in [6.07, 6.45) is 54.1. The van der Waals surface area contributed by atoms with Gasteiger partial charge in [0.1, 0.15) is 6.04 Å². The fourth-order valence-electron chi connectivity index (χ4n) is 14.6. The highest BCUT2D eigenvalue weighted by atomic mass is 35.5. The SMILES string of the molecule is CCCCCCCCCCCCCCCCCCCCOC[C@H](CN(C)CCCNC(=O)CCOCCOCCOCCOCCOCCOCCOCCOCCOCCC(=O)NCCC1(C(=O)NC(Cc2ccc(NC(=O)c3c(Cl)cccc3Cl)cc2)C(=O)O)CCCC1)OCCCCCCCCCCCCCCCCCCCC. The van der Waals surface area contributed by atoms with Gasteiger partial charge in [-0.2, -0.15) is 0 Å². The third kappa shape index (κ3) is 61.8. The number of hydrogen-bond donors (Lipinski definition) is 5. The van der Waals surface area contributed by atoms with Gasteiger partial charge in [-0.1, -0.05) is 286 Å². The van der Waals surface area contributed by atoms with Crippen LogP contribution in [0.1, 0.15) is 312 Å². The lowest BCUT2D eigenvalue weighted by Gasteiger charge is -2.29. The number of halogens is 2. The first-order chi connectivity index (χ1) is 57.4. The standard InChI is InChI=1S/C93H163Cl2N5O17/c1-4-6-8-10-12-14-16-18-20-22-24-26-28-30-32-34-36-40-58-116-80-83(117-59-41-37-35-33-31-29-27-25-23-21-19-17-15-13-11-9-7-5-2)79-100(3)57-43-55-96-87(101)50-60-107-62-64-109-66-68-111-70-72-113-74-76-115-77-75-114-73-71-112-69-67-110-65-63-108-61-51-88(102)97-56-54-93(52-38-39-53-93)92(106)99-86(91(104)105)78-81-46-48-82(49-47-81)98-90(103)89-84(94)44-42-45-85(89)95/h42,44-49,83,86H,4-41,43,50-80H2,1-3H3,(H,96,101)(H,97,102)(H,98,103)(H,99,106)(H,104,105)/t83-,86?/m0/s1. The van der Waals surface area contributed by atoms with Crippen molar-refractivity contribution in [2.24, 2.45) is 5.41 Å². The Balaban J connectivity index is 1.08. The molecule has 24 heteroatoms. The zero-order valence-electron chi connectivity index (χ0n) is 73.4. The van der Waals surface area contributed by atoms with Crippen LogP contribution in [-0.2, 0) is 77.7 Å². The van der Waals surface area contributed by atoms with E-state index in [1.165, 1.54) is 218 Å². The summed E-state index contributed by atoms with van der Waals surface area (Å²) in [5, 5.41) is 22.0.